The van der Waals surface area contributed by atoms with E-state index >= 15 is 0 Å². The molecule has 0 atom stereocenters. The van der Waals surface area contributed by atoms with E-state index in [0.29, 0.717) is 6.04 Å². The van der Waals surface area contributed by atoms with Gasteiger partial charge in [0.15, 0.2) is 0 Å². The normalized spacial score (nSPS) is 11.3. The lowest BCUT2D eigenvalue weighted by Crippen LogP contribution is -2.21. The van der Waals surface area contributed by atoms with Gasteiger partial charge in [-0.3, -0.25) is 0 Å². The highest BCUT2D eigenvalue weighted by atomic mass is 32.1. The molecule has 1 N–H and O–H groups in total. The molecule has 0 fully saturated rings. The van der Waals surface area contributed by atoms with Crippen molar-refractivity contribution >= 4 is 22.7 Å². The minimum atomic E-state index is 0.516. The zero-order valence-electron chi connectivity index (χ0n) is 10.4. The summed E-state index contributed by atoms with van der Waals surface area (Å²) in [6, 6.07) is 0.516. The molecule has 2 rings (SSSR count). The third kappa shape index (κ3) is 3.87. The first-order valence-electron chi connectivity index (χ1n) is 5.71. The summed E-state index contributed by atoms with van der Waals surface area (Å²) in [6.07, 6.45) is 2.82. The summed E-state index contributed by atoms with van der Waals surface area (Å²) in [7, 11) is 0. The van der Waals surface area contributed by atoms with Crippen LogP contribution < -0.4 is 5.32 Å². The van der Waals surface area contributed by atoms with Gasteiger partial charge in [-0.15, -0.1) is 22.7 Å². The molecule has 0 aliphatic heterocycles. The molecule has 2 aromatic rings. The number of aromatic nitrogens is 2. The van der Waals surface area contributed by atoms with Gasteiger partial charge in [0.2, 0.25) is 0 Å². The molecule has 0 aliphatic rings. The zero-order valence-corrected chi connectivity index (χ0v) is 12.0. The topological polar surface area (TPSA) is 37.8 Å². The first kappa shape index (κ1) is 12.7. The Hall–Kier alpha value is -0.780. The molecule has 0 radical (unpaired) electrons. The fourth-order valence-electron chi connectivity index (χ4n) is 1.46. The van der Waals surface area contributed by atoms with Crippen molar-refractivity contribution < 1.29 is 0 Å². The van der Waals surface area contributed by atoms with E-state index in [2.05, 4.69) is 34.5 Å². The molecule has 3 nitrogen and oxygen atoms in total. The van der Waals surface area contributed by atoms with Gasteiger partial charge in [0, 0.05) is 35.5 Å². The Morgan fingerprint density at radius 1 is 1.41 bits per heavy atom. The van der Waals surface area contributed by atoms with Crippen LogP contribution in [0.2, 0.25) is 0 Å². The van der Waals surface area contributed by atoms with Crippen molar-refractivity contribution in [1.29, 1.82) is 0 Å². The van der Waals surface area contributed by atoms with Gasteiger partial charge in [0.1, 0.15) is 0 Å². The molecule has 2 heterocycles. The molecule has 92 valence electrons. The Kier molecular flexibility index (Phi) is 4.25. The molecule has 0 unspecified atom stereocenters. The van der Waals surface area contributed by atoms with Crippen LogP contribution in [0.15, 0.2) is 11.6 Å². The highest BCUT2D eigenvalue weighted by Crippen LogP contribution is 2.18. The van der Waals surface area contributed by atoms with Crippen molar-refractivity contribution in [2.24, 2.45) is 0 Å². The number of hydrogen-bond donors (Lipinski definition) is 1. The average Bonchev–Trinajstić information content (AvgIpc) is 2.86. The second-order valence-electron chi connectivity index (χ2n) is 4.29. The second kappa shape index (κ2) is 5.71. The first-order valence-corrected chi connectivity index (χ1v) is 7.41. The Balaban J connectivity index is 1.94. The lowest BCUT2D eigenvalue weighted by molar-refractivity contribution is 0.593. The Bertz CT molecular complexity index is 474. The summed E-state index contributed by atoms with van der Waals surface area (Å²) < 4.78 is 0. The van der Waals surface area contributed by atoms with Crippen LogP contribution in [0.3, 0.4) is 0 Å². The molecular weight excluding hydrogens is 250 g/mol. The van der Waals surface area contributed by atoms with Gasteiger partial charge in [0.25, 0.3) is 0 Å². The van der Waals surface area contributed by atoms with E-state index in [0.717, 1.165) is 28.7 Å². The summed E-state index contributed by atoms with van der Waals surface area (Å²) in [5, 5.41) is 7.79. The van der Waals surface area contributed by atoms with Crippen molar-refractivity contribution in [3.63, 3.8) is 0 Å². The molecule has 17 heavy (non-hydrogen) atoms. The molecule has 0 bridgehead atoms. The highest BCUT2D eigenvalue weighted by molar-refractivity contribution is 7.11. The smallest absolute Gasteiger partial charge is 0.0988 e. The maximum Gasteiger partial charge on any atom is 0.0988 e. The molecule has 0 aromatic carbocycles. The SMILES string of the molecule is Cc1nc(Cc2ncc(CNC(C)C)s2)cs1. The maximum atomic E-state index is 4.46. The summed E-state index contributed by atoms with van der Waals surface area (Å²) in [6.45, 7) is 7.25. The van der Waals surface area contributed by atoms with E-state index in [1.807, 2.05) is 13.1 Å². The predicted octanol–water partition coefficient (Wildman–Crippen LogP) is 3.00. The van der Waals surface area contributed by atoms with Crippen LogP contribution in [-0.4, -0.2) is 16.0 Å². The number of rotatable bonds is 5. The van der Waals surface area contributed by atoms with Gasteiger partial charge in [-0.25, -0.2) is 9.97 Å². The molecule has 0 aliphatic carbocycles. The van der Waals surface area contributed by atoms with Crippen molar-refractivity contribution in [1.82, 2.24) is 15.3 Å². The quantitative estimate of drug-likeness (QED) is 0.905. The molecule has 2 aromatic heterocycles. The van der Waals surface area contributed by atoms with Crippen molar-refractivity contribution in [3.8, 4) is 0 Å². The number of thiazole rings is 2. The number of nitrogens with one attached hydrogen (secondary N) is 1. The third-order valence-corrected chi connectivity index (χ3v) is 4.10. The van der Waals surface area contributed by atoms with Crippen LogP contribution in [0.5, 0.6) is 0 Å². The van der Waals surface area contributed by atoms with Crippen LogP contribution in [0.1, 0.15) is 34.4 Å². The minimum absolute atomic E-state index is 0.516. The minimum Gasteiger partial charge on any atom is -0.310 e. The van der Waals surface area contributed by atoms with Gasteiger partial charge < -0.3 is 5.32 Å². The van der Waals surface area contributed by atoms with Crippen LogP contribution >= 0.6 is 22.7 Å². The molecule has 0 saturated heterocycles. The van der Waals surface area contributed by atoms with Gasteiger partial charge in [-0.2, -0.15) is 0 Å². The summed E-state index contributed by atoms with van der Waals surface area (Å²) >= 11 is 3.47. The molecule has 0 saturated carbocycles. The monoisotopic (exact) mass is 267 g/mol. The van der Waals surface area contributed by atoms with Crippen LogP contribution in [0.4, 0.5) is 0 Å². The number of nitrogens with zero attached hydrogens (tertiary/aromatic N) is 2. The predicted molar refractivity (Wildman–Crippen MR) is 73.7 cm³/mol. The summed E-state index contributed by atoms with van der Waals surface area (Å²) in [5.41, 5.74) is 1.13. The van der Waals surface area contributed by atoms with Crippen molar-refractivity contribution in [2.45, 2.75) is 39.8 Å². The largest absolute Gasteiger partial charge is 0.310 e. The first-order chi connectivity index (χ1) is 8.13. The van der Waals surface area contributed by atoms with Crippen LogP contribution in [0, 0.1) is 6.92 Å². The number of hydrogen-bond acceptors (Lipinski definition) is 5. The van der Waals surface area contributed by atoms with E-state index in [1.54, 1.807) is 22.7 Å². The second-order valence-corrected chi connectivity index (χ2v) is 6.55. The Morgan fingerprint density at radius 2 is 2.24 bits per heavy atom. The average molecular weight is 267 g/mol. The molecule has 0 amide bonds. The number of aryl methyl sites for hydroxylation is 1. The fraction of sp³-hybridized carbons (Fsp3) is 0.500. The summed E-state index contributed by atoms with van der Waals surface area (Å²) in [4.78, 5) is 10.2. The van der Waals surface area contributed by atoms with Gasteiger partial charge in [-0.1, -0.05) is 13.8 Å². The molecule has 0 spiro atoms. The Labute approximate surface area is 110 Å². The van der Waals surface area contributed by atoms with Gasteiger partial charge >= 0.3 is 0 Å². The standard InChI is InChI=1S/C12H17N3S2/c1-8(2)13-5-11-6-14-12(17-11)4-10-7-16-9(3)15-10/h6-8,13H,4-5H2,1-3H3. The van der Waals surface area contributed by atoms with E-state index < -0.39 is 0 Å². The summed E-state index contributed by atoms with van der Waals surface area (Å²) in [5.74, 6) is 0. The fourth-order valence-corrected chi connectivity index (χ4v) is 2.96. The van der Waals surface area contributed by atoms with E-state index in [1.165, 1.54) is 4.88 Å². The lowest BCUT2D eigenvalue weighted by atomic mass is 10.3. The van der Waals surface area contributed by atoms with Crippen LogP contribution in [0.25, 0.3) is 0 Å². The third-order valence-electron chi connectivity index (χ3n) is 2.28. The molecule has 5 heteroatoms. The van der Waals surface area contributed by atoms with Crippen molar-refractivity contribution in [3.05, 3.63) is 32.2 Å². The van der Waals surface area contributed by atoms with E-state index in [-0.39, 0.29) is 0 Å². The van der Waals surface area contributed by atoms with Crippen LogP contribution in [-0.2, 0) is 13.0 Å². The van der Waals surface area contributed by atoms with Gasteiger partial charge in [-0.05, 0) is 6.92 Å². The highest BCUT2D eigenvalue weighted by Gasteiger charge is 2.06. The van der Waals surface area contributed by atoms with E-state index in [4.69, 9.17) is 0 Å². The molecular formula is C12H17N3S2. The maximum absolute atomic E-state index is 4.46. The van der Waals surface area contributed by atoms with Gasteiger partial charge in [0.05, 0.1) is 15.7 Å². The lowest BCUT2D eigenvalue weighted by Gasteiger charge is -2.04. The zero-order chi connectivity index (χ0) is 12.3. The Morgan fingerprint density at radius 3 is 2.88 bits per heavy atom. The van der Waals surface area contributed by atoms with E-state index in [9.17, 15) is 0 Å². The van der Waals surface area contributed by atoms with Crippen molar-refractivity contribution in [2.75, 3.05) is 0 Å².